The summed E-state index contributed by atoms with van der Waals surface area (Å²) in [5.41, 5.74) is 3.50. The molecule has 2 rings (SSSR count). The van der Waals surface area contributed by atoms with Crippen molar-refractivity contribution < 1.29 is 14.0 Å². The molecule has 0 radical (unpaired) electrons. The van der Waals surface area contributed by atoms with Crippen molar-refractivity contribution in [1.82, 2.24) is 0 Å². The van der Waals surface area contributed by atoms with E-state index in [1.807, 2.05) is 32.0 Å². The summed E-state index contributed by atoms with van der Waals surface area (Å²) in [5.74, 6) is -0.710. The van der Waals surface area contributed by atoms with E-state index in [1.54, 1.807) is 0 Å². The van der Waals surface area contributed by atoms with Crippen LogP contribution in [0.3, 0.4) is 0 Å². The highest BCUT2D eigenvalue weighted by molar-refractivity contribution is 5.95. The van der Waals surface area contributed by atoms with Crippen molar-refractivity contribution in [2.45, 2.75) is 33.6 Å². The lowest BCUT2D eigenvalue weighted by Crippen LogP contribution is -2.32. The van der Waals surface area contributed by atoms with E-state index >= 15 is 0 Å². The Balaban J connectivity index is 2.05. The minimum Gasteiger partial charge on any atom is -0.326 e. The van der Waals surface area contributed by atoms with Crippen LogP contribution in [-0.2, 0) is 16.0 Å². The zero-order chi connectivity index (χ0) is 18.4. The molecule has 0 aliphatic heterocycles. The van der Waals surface area contributed by atoms with E-state index in [4.69, 9.17) is 0 Å². The maximum Gasteiger partial charge on any atom is 0.226 e. The van der Waals surface area contributed by atoms with E-state index in [2.05, 4.69) is 5.32 Å². The van der Waals surface area contributed by atoms with Crippen LogP contribution in [0, 0.1) is 12.7 Å². The van der Waals surface area contributed by atoms with Gasteiger partial charge >= 0.3 is 0 Å². The highest BCUT2D eigenvalue weighted by Crippen LogP contribution is 2.21. The second-order valence-electron chi connectivity index (χ2n) is 5.91. The van der Waals surface area contributed by atoms with Crippen LogP contribution in [0.5, 0.6) is 0 Å². The molecule has 0 atom stereocenters. The van der Waals surface area contributed by atoms with Gasteiger partial charge in [0.2, 0.25) is 11.8 Å². The van der Waals surface area contributed by atoms with Crippen LogP contribution >= 0.6 is 0 Å². The zero-order valence-corrected chi connectivity index (χ0v) is 14.8. The summed E-state index contributed by atoms with van der Waals surface area (Å²) in [6.45, 7) is 5.66. The molecule has 0 spiro atoms. The molecule has 0 heterocycles. The highest BCUT2D eigenvalue weighted by Gasteiger charge is 2.15. The van der Waals surface area contributed by atoms with Crippen LogP contribution in [0.25, 0.3) is 0 Å². The van der Waals surface area contributed by atoms with Crippen LogP contribution in [0.4, 0.5) is 15.8 Å². The van der Waals surface area contributed by atoms with Gasteiger partial charge in [-0.15, -0.1) is 0 Å². The van der Waals surface area contributed by atoms with E-state index in [9.17, 15) is 14.0 Å². The van der Waals surface area contributed by atoms with Gasteiger partial charge in [0, 0.05) is 31.3 Å². The molecule has 0 bridgehead atoms. The topological polar surface area (TPSA) is 49.4 Å². The van der Waals surface area contributed by atoms with Crippen molar-refractivity contribution in [3.63, 3.8) is 0 Å². The van der Waals surface area contributed by atoms with Crippen molar-refractivity contribution in [3.05, 3.63) is 59.4 Å². The average molecular weight is 342 g/mol. The quantitative estimate of drug-likeness (QED) is 0.860. The lowest BCUT2D eigenvalue weighted by Gasteiger charge is -2.21. The summed E-state index contributed by atoms with van der Waals surface area (Å²) < 4.78 is 13.0. The molecule has 2 aromatic carbocycles. The van der Waals surface area contributed by atoms with Gasteiger partial charge in [-0.1, -0.05) is 25.1 Å². The Bertz CT molecular complexity index is 757. The van der Waals surface area contributed by atoms with Crippen LogP contribution in [-0.4, -0.2) is 18.4 Å². The highest BCUT2D eigenvalue weighted by atomic mass is 19.1. The van der Waals surface area contributed by atoms with Crippen LogP contribution in [0.15, 0.2) is 42.5 Å². The number of benzene rings is 2. The van der Waals surface area contributed by atoms with Gasteiger partial charge in [0.1, 0.15) is 5.82 Å². The van der Waals surface area contributed by atoms with Gasteiger partial charge in [-0.3, -0.25) is 9.59 Å². The van der Waals surface area contributed by atoms with E-state index < -0.39 is 0 Å². The minimum atomic E-state index is -0.364. The molecule has 25 heavy (non-hydrogen) atoms. The molecule has 0 fully saturated rings. The van der Waals surface area contributed by atoms with Crippen molar-refractivity contribution in [2.75, 3.05) is 16.8 Å². The first-order valence-corrected chi connectivity index (χ1v) is 8.34. The lowest BCUT2D eigenvalue weighted by atomic mass is 10.1. The minimum absolute atomic E-state index is 0.155. The second kappa shape index (κ2) is 8.42. The summed E-state index contributed by atoms with van der Waals surface area (Å²) in [4.78, 5) is 25.7. The van der Waals surface area contributed by atoms with Gasteiger partial charge < -0.3 is 10.2 Å². The lowest BCUT2D eigenvalue weighted by molar-refractivity contribution is -0.117. The van der Waals surface area contributed by atoms with Crippen molar-refractivity contribution >= 4 is 23.2 Å². The third-order valence-electron chi connectivity index (χ3n) is 4.09. The van der Waals surface area contributed by atoms with Crippen LogP contribution < -0.4 is 10.2 Å². The van der Waals surface area contributed by atoms with Gasteiger partial charge in [0.05, 0.1) is 0 Å². The molecular weight excluding hydrogens is 319 g/mol. The summed E-state index contributed by atoms with van der Waals surface area (Å²) in [5, 5.41) is 2.95. The number of anilines is 2. The van der Waals surface area contributed by atoms with Gasteiger partial charge in [-0.25, -0.2) is 4.39 Å². The smallest absolute Gasteiger partial charge is 0.226 e. The Morgan fingerprint density at radius 2 is 1.80 bits per heavy atom. The third kappa shape index (κ3) is 4.89. The Labute approximate surface area is 147 Å². The molecule has 132 valence electrons. The first-order chi connectivity index (χ1) is 11.9. The molecule has 0 aliphatic rings. The van der Waals surface area contributed by atoms with Crippen molar-refractivity contribution in [2.24, 2.45) is 0 Å². The first kappa shape index (κ1) is 18.6. The number of carbonyl (C=O) groups excluding carboxylic acids is 2. The van der Waals surface area contributed by atoms with E-state index in [1.165, 1.54) is 36.1 Å². The van der Waals surface area contributed by atoms with E-state index in [-0.39, 0.29) is 30.6 Å². The Hall–Kier alpha value is -2.69. The molecule has 0 saturated carbocycles. The van der Waals surface area contributed by atoms with Crippen LogP contribution in [0.1, 0.15) is 31.4 Å². The third-order valence-corrected chi connectivity index (χ3v) is 4.09. The molecule has 0 unspecified atom stereocenters. The Kier molecular flexibility index (Phi) is 6.28. The van der Waals surface area contributed by atoms with Crippen molar-refractivity contribution in [1.29, 1.82) is 0 Å². The molecule has 0 aromatic heterocycles. The number of carbonyl (C=O) groups is 2. The monoisotopic (exact) mass is 342 g/mol. The number of nitrogens with one attached hydrogen (secondary N) is 1. The predicted molar refractivity (Wildman–Crippen MR) is 98.2 cm³/mol. The van der Waals surface area contributed by atoms with Crippen LogP contribution in [0.2, 0.25) is 0 Å². The summed E-state index contributed by atoms with van der Waals surface area (Å²) in [7, 11) is 0. The number of rotatable bonds is 6. The molecular formula is C20H23FN2O2. The van der Waals surface area contributed by atoms with Gasteiger partial charge in [-0.05, 0) is 48.7 Å². The fourth-order valence-corrected chi connectivity index (χ4v) is 2.71. The second-order valence-corrected chi connectivity index (χ2v) is 5.91. The summed E-state index contributed by atoms with van der Waals surface area (Å²) >= 11 is 0. The molecule has 0 aliphatic carbocycles. The molecule has 1 N–H and O–H groups in total. The predicted octanol–water partition coefficient (Wildman–Crippen LogP) is 4.08. The number of hydrogen-bond donors (Lipinski definition) is 1. The molecule has 2 amide bonds. The Morgan fingerprint density at radius 1 is 1.12 bits per heavy atom. The number of amides is 2. The first-order valence-electron chi connectivity index (χ1n) is 8.34. The number of nitrogens with zero attached hydrogens (tertiary/aromatic N) is 1. The summed E-state index contributed by atoms with van der Waals surface area (Å²) in [6, 6.07) is 11.6. The van der Waals surface area contributed by atoms with Gasteiger partial charge in [-0.2, -0.15) is 0 Å². The molecule has 4 nitrogen and oxygen atoms in total. The zero-order valence-electron chi connectivity index (χ0n) is 14.8. The number of aryl methyl sites for hydroxylation is 2. The maximum absolute atomic E-state index is 13.0. The van der Waals surface area contributed by atoms with Gasteiger partial charge in [0.15, 0.2) is 0 Å². The standard InChI is InChI=1S/C20H23FN2O2/c1-4-16-7-5-6-14(2)20(16)22-19(25)12-13-23(15(3)24)18-10-8-17(21)9-11-18/h5-11H,4,12-13H2,1-3H3,(H,22,25). The Morgan fingerprint density at radius 3 is 2.40 bits per heavy atom. The van der Waals surface area contributed by atoms with Gasteiger partial charge in [0.25, 0.3) is 0 Å². The largest absolute Gasteiger partial charge is 0.326 e. The molecule has 5 heteroatoms. The fraction of sp³-hybridized carbons (Fsp3) is 0.300. The van der Waals surface area contributed by atoms with E-state index in [0.29, 0.717) is 5.69 Å². The maximum atomic E-state index is 13.0. The molecule has 2 aromatic rings. The number of para-hydroxylation sites is 1. The summed E-state index contributed by atoms with van der Waals surface area (Å²) in [6.07, 6.45) is 0.987. The molecule has 0 saturated heterocycles. The fourth-order valence-electron chi connectivity index (χ4n) is 2.71. The van der Waals surface area contributed by atoms with E-state index in [0.717, 1.165) is 23.2 Å². The van der Waals surface area contributed by atoms with Crippen molar-refractivity contribution in [3.8, 4) is 0 Å². The normalized spacial score (nSPS) is 10.4. The number of halogens is 1. The number of hydrogen-bond acceptors (Lipinski definition) is 2. The SMILES string of the molecule is CCc1cccc(C)c1NC(=O)CCN(C(C)=O)c1ccc(F)cc1. The average Bonchev–Trinajstić information content (AvgIpc) is 2.58.